The minimum Gasteiger partial charge on any atom is -0.544 e. The first kappa shape index (κ1) is 82.8. The summed E-state index contributed by atoms with van der Waals surface area (Å²) in [5, 5.41) is 45.4. The monoisotopic (exact) mass is 1140 g/mol. The minimum absolute atomic E-state index is 0. The topological polar surface area (TPSA) is 303 Å². The molecule has 448 valence electrons. The van der Waals surface area contributed by atoms with Crippen LogP contribution in [0.5, 0.6) is 0 Å². The van der Waals surface area contributed by atoms with E-state index in [0.29, 0.717) is 77.0 Å². The molecule has 20 nitrogen and oxygen atoms in total. The van der Waals surface area contributed by atoms with Crippen molar-refractivity contribution >= 4 is 47.0 Å². The molecule has 0 aliphatic rings. The minimum atomic E-state index is -2.22. The molecule has 0 saturated carbocycles. The summed E-state index contributed by atoms with van der Waals surface area (Å²) in [5.74, 6) is -17.6. The van der Waals surface area contributed by atoms with Crippen LogP contribution in [-0.2, 0) is 98.0 Å². The second-order valence-corrected chi connectivity index (χ2v) is 17.9. The smallest absolute Gasteiger partial charge is 0.544 e. The number of hydrogen-bond donors (Lipinski definition) is 0. The van der Waals surface area contributed by atoms with E-state index < -0.39 is 70.2 Å². The van der Waals surface area contributed by atoms with Gasteiger partial charge in [0.25, 0.3) is 23.1 Å². The standard InChI is InChI=1S/4C14H26O5.Ti/c4*1-4-7-10-18-14(13(16)17,12(15)9-6-3)19-11-8-5-2;/h4*4-11H2,1-3H3,(H,16,17);/q;;;;+4/p-4. The van der Waals surface area contributed by atoms with Crippen LogP contribution in [0.15, 0.2) is 0 Å². The number of carboxylic acids is 4. The van der Waals surface area contributed by atoms with E-state index in [0.717, 1.165) is 51.4 Å². The van der Waals surface area contributed by atoms with Crippen LogP contribution in [0.4, 0.5) is 0 Å². The van der Waals surface area contributed by atoms with Gasteiger partial charge in [-0.3, -0.25) is 19.2 Å². The van der Waals surface area contributed by atoms with Gasteiger partial charge in [-0.2, -0.15) is 0 Å². The number of carboxylic acid groups (broad SMARTS) is 4. The molecule has 0 bridgehead atoms. The Kier molecular flexibility index (Phi) is 56.3. The third-order valence-electron chi connectivity index (χ3n) is 10.9. The Hall–Kier alpha value is -3.05. The number of carbonyl (C=O) groups is 8. The molecule has 0 heterocycles. The van der Waals surface area contributed by atoms with Gasteiger partial charge in [0.1, 0.15) is 23.9 Å². The summed E-state index contributed by atoms with van der Waals surface area (Å²) in [6.07, 6.45) is 14.7. The zero-order chi connectivity index (χ0) is 58.9. The normalized spacial score (nSPS) is 11.4. The predicted molar refractivity (Wildman–Crippen MR) is 277 cm³/mol. The van der Waals surface area contributed by atoms with E-state index in [4.69, 9.17) is 37.9 Å². The van der Waals surface area contributed by atoms with Gasteiger partial charge in [0, 0.05) is 25.7 Å². The van der Waals surface area contributed by atoms with Crippen molar-refractivity contribution in [2.75, 3.05) is 52.9 Å². The third kappa shape index (κ3) is 33.3. The number of unbranched alkanes of at least 4 members (excludes halogenated alkanes) is 8. The molecule has 0 aliphatic heterocycles. The molecule has 0 radical (unpaired) electrons. The van der Waals surface area contributed by atoms with E-state index in [2.05, 4.69) is 0 Å². The van der Waals surface area contributed by atoms with Crippen molar-refractivity contribution in [2.24, 2.45) is 0 Å². The molecule has 0 aromatic rings. The fraction of sp³-hybridized carbons (Fsp3) is 0.857. The summed E-state index contributed by atoms with van der Waals surface area (Å²) in [6.45, 7) is 24.2. The quantitative estimate of drug-likeness (QED) is 0.0303. The molecule has 0 fully saturated rings. The van der Waals surface area contributed by atoms with Crippen molar-refractivity contribution in [1.29, 1.82) is 0 Å². The summed E-state index contributed by atoms with van der Waals surface area (Å²) in [6, 6.07) is 0. The Morgan fingerprint density at radius 2 is 0.364 bits per heavy atom. The SMILES string of the molecule is CCCCOC(OCCCC)(C(=O)[O-])C(=O)CCC.CCCCOC(OCCCC)(C(=O)[O-])C(=O)CCC.CCCCOC(OCCCC)(C(=O)[O-])C(=O)CCC.CCCCOC(OCCCC)(C(=O)[O-])C(=O)CCC.[Ti+4]. The molecular formula is C56H100O20Ti. The van der Waals surface area contributed by atoms with Crippen molar-refractivity contribution in [2.45, 2.75) is 260 Å². The molecule has 0 spiro atoms. The van der Waals surface area contributed by atoms with Gasteiger partial charge in [-0.05, 0) is 77.0 Å². The van der Waals surface area contributed by atoms with Crippen LogP contribution in [-0.4, -0.2) is 123 Å². The predicted octanol–water partition coefficient (Wildman–Crippen LogP) is 5.74. The molecule has 0 aromatic carbocycles. The third-order valence-corrected chi connectivity index (χ3v) is 10.9. The fourth-order valence-electron chi connectivity index (χ4n) is 6.19. The first-order chi connectivity index (χ1) is 36.2. The maximum Gasteiger partial charge on any atom is 4.00 e. The van der Waals surface area contributed by atoms with E-state index in [1.165, 1.54) is 0 Å². The zero-order valence-electron chi connectivity index (χ0n) is 49.3. The fourth-order valence-corrected chi connectivity index (χ4v) is 6.19. The van der Waals surface area contributed by atoms with Gasteiger partial charge < -0.3 is 77.5 Å². The molecule has 21 heteroatoms. The van der Waals surface area contributed by atoms with Crippen molar-refractivity contribution in [3.8, 4) is 0 Å². The van der Waals surface area contributed by atoms with Crippen molar-refractivity contribution < 1.29 is 118 Å². The molecule has 0 saturated heterocycles. The van der Waals surface area contributed by atoms with E-state index in [9.17, 15) is 58.8 Å². The van der Waals surface area contributed by atoms with Gasteiger partial charge in [0.2, 0.25) is 0 Å². The average Bonchev–Trinajstić information content (AvgIpc) is 3.37. The largest absolute Gasteiger partial charge is 4.00 e. The number of rotatable bonds is 48. The summed E-state index contributed by atoms with van der Waals surface area (Å²) >= 11 is 0. The van der Waals surface area contributed by atoms with E-state index in [1.807, 2.05) is 55.4 Å². The van der Waals surface area contributed by atoms with Crippen LogP contribution in [0.1, 0.15) is 237 Å². The zero-order valence-corrected chi connectivity index (χ0v) is 50.9. The molecule has 77 heavy (non-hydrogen) atoms. The number of carbonyl (C=O) groups excluding carboxylic acids is 8. The van der Waals surface area contributed by atoms with Gasteiger partial charge in [0.05, 0.1) is 52.9 Å². The number of Topliss-reactive ketones (excluding diaryl/α,β-unsaturated/α-hetero) is 4. The number of ether oxygens (including phenoxy) is 8. The molecule has 0 N–H and O–H groups in total. The second kappa shape index (κ2) is 52.3. The second-order valence-electron chi connectivity index (χ2n) is 17.9. The summed E-state index contributed by atoms with van der Waals surface area (Å²) < 4.78 is 42.1. The number of hydrogen-bond acceptors (Lipinski definition) is 20. The number of aliphatic carboxylic acids is 4. The molecule has 0 aromatic heterocycles. The van der Waals surface area contributed by atoms with Crippen molar-refractivity contribution in [1.82, 2.24) is 0 Å². The first-order valence-corrected chi connectivity index (χ1v) is 28.3. The summed E-state index contributed by atoms with van der Waals surface area (Å²) in [5.41, 5.74) is 0. The molecule has 0 rings (SSSR count). The molecule has 0 atom stereocenters. The van der Waals surface area contributed by atoms with Crippen LogP contribution in [0.25, 0.3) is 0 Å². The van der Waals surface area contributed by atoms with Gasteiger partial charge in [0.15, 0.2) is 23.1 Å². The van der Waals surface area contributed by atoms with E-state index in [-0.39, 0.29) is 100 Å². The van der Waals surface area contributed by atoms with Crippen LogP contribution < -0.4 is 20.4 Å². The van der Waals surface area contributed by atoms with E-state index in [1.54, 1.807) is 27.7 Å². The van der Waals surface area contributed by atoms with Gasteiger partial charge in [-0.1, -0.05) is 134 Å². The van der Waals surface area contributed by atoms with Crippen LogP contribution in [0.2, 0.25) is 0 Å². The maximum atomic E-state index is 12.0. The summed E-state index contributed by atoms with van der Waals surface area (Å²) in [4.78, 5) is 93.5. The first-order valence-electron chi connectivity index (χ1n) is 28.3. The van der Waals surface area contributed by atoms with Crippen molar-refractivity contribution in [3.63, 3.8) is 0 Å². The average molecular weight is 1140 g/mol. The summed E-state index contributed by atoms with van der Waals surface area (Å²) in [7, 11) is 0. The Labute approximate surface area is 476 Å². The van der Waals surface area contributed by atoms with E-state index >= 15 is 0 Å². The molecule has 0 aliphatic carbocycles. The van der Waals surface area contributed by atoms with Gasteiger partial charge in [-0.15, -0.1) is 0 Å². The molecule has 0 amide bonds. The molecule has 0 unspecified atom stereocenters. The Morgan fingerprint density at radius 1 is 0.247 bits per heavy atom. The maximum absolute atomic E-state index is 12.0. The molecular weight excluding hydrogens is 1040 g/mol. The Bertz CT molecular complexity index is 1290. The Morgan fingerprint density at radius 3 is 0.442 bits per heavy atom. The van der Waals surface area contributed by atoms with Gasteiger partial charge in [-0.25, -0.2) is 0 Å². The number of ketones is 4. The van der Waals surface area contributed by atoms with Crippen LogP contribution >= 0.6 is 0 Å². The Balaban J connectivity index is -0.000000298. The van der Waals surface area contributed by atoms with Crippen LogP contribution in [0, 0.1) is 0 Å². The van der Waals surface area contributed by atoms with Gasteiger partial charge >= 0.3 is 21.7 Å². The van der Waals surface area contributed by atoms with Crippen LogP contribution in [0.3, 0.4) is 0 Å². The van der Waals surface area contributed by atoms with Crippen molar-refractivity contribution in [3.05, 3.63) is 0 Å².